The van der Waals surface area contributed by atoms with Gasteiger partial charge in [-0.1, -0.05) is 24.3 Å². The highest BCUT2D eigenvalue weighted by Gasteiger charge is 2.18. The molecular weight excluding hydrogens is 258 g/mol. The molecule has 0 bridgehead atoms. The molecule has 0 amide bonds. The van der Waals surface area contributed by atoms with E-state index in [1.807, 2.05) is 29.2 Å². The molecule has 21 heavy (non-hydrogen) atoms. The quantitative estimate of drug-likeness (QED) is 0.646. The van der Waals surface area contributed by atoms with Gasteiger partial charge in [-0.2, -0.15) is 5.26 Å². The van der Waals surface area contributed by atoms with Crippen molar-refractivity contribution in [3.05, 3.63) is 55.1 Å². The highest BCUT2D eigenvalue weighted by molar-refractivity contribution is 5.48. The average Bonchev–Trinajstić information content (AvgIpc) is 2.51. The standard InChI is InChI=1S/C18H25N3/c1-5-13-21(14-6-2)18(15-19)16-9-11-17(12-10-16)20(7-3)8-4/h5-6,9-12,18H,1-2,7-8,13-14H2,3-4H3. The van der Waals surface area contributed by atoms with Crippen LogP contribution in [0, 0.1) is 11.3 Å². The molecule has 0 radical (unpaired) electrons. The number of nitriles is 1. The summed E-state index contributed by atoms with van der Waals surface area (Å²) in [6.45, 7) is 15.1. The largest absolute Gasteiger partial charge is 0.372 e. The molecule has 1 aromatic rings. The van der Waals surface area contributed by atoms with Gasteiger partial charge in [-0.3, -0.25) is 4.90 Å². The predicted octanol–water partition coefficient (Wildman–Crippen LogP) is 3.77. The first-order valence-corrected chi connectivity index (χ1v) is 7.42. The van der Waals surface area contributed by atoms with E-state index < -0.39 is 0 Å². The van der Waals surface area contributed by atoms with Gasteiger partial charge in [0.05, 0.1) is 6.07 Å². The second-order valence-electron chi connectivity index (χ2n) is 4.83. The third-order valence-electron chi connectivity index (χ3n) is 3.55. The predicted molar refractivity (Wildman–Crippen MR) is 90.3 cm³/mol. The van der Waals surface area contributed by atoms with Gasteiger partial charge in [-0.15, -0.1) is 13.2 Å². The van der Waals surface area contributed by atoms with E-state index in [1.54, 1.807) is 0 Å². The van der Waals surface area contributed by atoms with Gasteiger partial charge in [0, 0.05) is 31.9 Å². The summed E-state index contributed by atoms with van der Waals surface area (Å²) in [5, 5.41) is 9.50. The minimum Gasteiger partial charge on any atom is -0.372 e. The van der Waals surface area contributed by atoms with Crippen LogP contribution in [-0.2, 0) is 0 Å². The number of nitrogens with zero attached hydrogens (tertiary/aromatic N) is 3. The van der Waals surface area contributed by atoms with Crippen molar-refractivity contribution < 1.29 is 0 Å². The second kappa shape index (κ2) is 8.99. The lowest BCUT2D eigenvalue weighted by molar-refractivity contribution is 0.291. The van der Waals surface area contributed by atoms with E-state index in [9.17, 15) is 5.26 Å². The van der Waals surface area contributed by atoms with Gasteiger partial charge in [-0.05, 0) is 31.5 Å². The molecule has 0 saturated carbocycles. The molecule has 1 rings (SSSR count). The Bertz CT molecular complexity index is 470. The van der Waals surface area contributed by atoms with E-state index in [4.69, 9.17) is 0 Å². The number of benzene rings is 1. The number of hydrogen-bond acceptors (Lipinski definition) is 3. The Morgan fingerprint density at radius 3 is 2.00 bits per heavy atom. The number of anilines is 1. The smallest absolute Gasteiger partial charge is 0.124 e. The number of hydrogen-bond donors (Lipinski definition) is 0. The van der Waals surface area contributed by atoms with E-state index in [0.717, 1.165) is 18.7 Å². The van der Waals surface area contributed by atoms with Gasteiger partial charge in [0.1, 0.15) is 6.04 Å². The maximum atomic E-state index is 9.50. The summed E-state index contributed by atoms with van der Waals surface area (Å²) in [5.41, 5.74) is 2.21. The maximum absolute atomic E-state index is 9.50. The van der Waals surface area contributed by atoms with Crippen molar-refractivity contribution in [2.24, 2.45) is 0 Å². The lowest BCUT2D eigenvalue weighted by Crippen LogP contribution is -2.28. The molecule has 0 aliphatic heterocycles. The highest BCUT2D eigenvalue weighted by Crippen LogP contribution is 2.23. The van der Waals surface area contributed by atoms with Gasteiger partial charge < -0.3 is 4.90 Å². The van der Waals surface area contributed by atoms with Crippen LogP contribution < -0.4 is 4.90 Å². The molecule has 3 nitrogen and oxygen atoms in total. The fraction of sp³-hybridized carbons (Fsp3) is 0.389. The van der Waals surface area contributed by atoms with Crippen molar-refractivity contribution in [2.75, 3.05) is 31.1 Å². The van der Waals surface area contributed by atoms with E-state index >= 15 is 0 Å². The Balaban J connectivity index is 2.98. The fourth-order valence-electron chi connectivity index (χ4n) is 2.44. The van der Waals surface area contributed by atoms with Crippen LogP contribution in [0.3, 0.4) is 0 Å². The molecule has 0 fully saturated rings. The molecule has 0 spiro atoms. The Kier molecular flexibility index (Phi) is 7.28. The lowest BCUT2D eigenvalue weighted by Gasteiger charge is -2.26. The monoisotopic (exact) mass is 283 g/mol. The van der Waals surface area contributed by atoms with Crippen molar-refractivity contribution in [2.45, 2.75) is 19.9 Å². The van der Waals surface area contributed by atoms with Crippen molar-refractivity contribution in [3.63, 3.8) is 0 Å². The minimum absolute atomic E-state index is 0.272. The van der Waals surface area contributed by atoms with Crippen LogP contribution >= 0.6 is 0 Å². The van der Waals surface area contributed by atoms with E-state index in [1.165, 1.54) is 5.69 Å². The molecule has 0 aliphatic rings. The summed E-state index contributed by atoms with van der Waals surface area (Å²) in [7, 11) is 0. The van der Waals surface area contributed by atoms with Gasteiger partial charge in [-0.25, -0.2) is 0 Å². The Morgan fingerprint density at radius 2 is 1.62 bits per heavy atom. The zero-order valence-corrected chi connectivity index (χ0v) is 13.1. The average molecular weight is 283 g/mol. The third kappa shape index (κ3) is 4.47. The first-order chi connectivity index (χ1) is 10.2. The molecule has 0 heterocycles. The van der Waals surface area contributed by atoms with Crippen LogP contribution in [0.2, 0.25) is 0 Å². The molecule has 1 aromatic carbocycles. The zero-order chi connectivity index (χ0) is 15.7. The fourth-order valence-corrected chi connectivity index (χ4v) is 2.44. The van der Waals surface area contributed by atoms with E-state index in [-0.39, 0.29) is 6.04 Å². The van der Waals surface area contributed by atoms with Crippen molar-refractivity contribution >= 4 is 5.69 Å². The summed E-state index contributed by atoms with van der Waals surface area (Å²) in [4.78, 5) is 4.34. The van der Waals surface area contributed by atoms with Gasteiger partial charge in [0.2, 0.25) is 0 Å². The molecule has 0 aromatic heterocycles. The van der Waals surface area contributed by atoms with Crippen LogP contribution in [0.15, 0.2) is 49.6 Å². The Hall–Kier alpha value is -2.05. The molecule has 0 saturated heterocycles. The first-order valence-electron chi connectivity index (χ1n) is 7.42. The van der Waals surface area contributed by atoms with Crippen LogP contribution in [0.4, 0.5) is 5.69 Å². The van der Waals surface area contributed by atoms with Crippen molar-refractivity contribution in [1.29, 1.82) is 5.26 Å². The third-order valence-corrected chi connectivity index (χ3v) is 3.55. The van der Waals surface area contributed by atoms with Gasteiger partial charge in [0.15, 0.2) is 0 Å². The Labute approximate surface area is 128 Å². The zero-order valence-electron chi connectivity index (χ0n) is 13.1. The molecular formula is C18H25N3. The summed E-state index contributed by atoms with van der Waals surface area (Å²) in [6.07, 6.45) is 3.64. The molecule has 1 unspecified atom stereocenters. The molecule has 112 valence electrons. The number of rotatable bonds is 9. The van der Waals surface area contributed by atoms with Crippen LogP contribution in [0.5, 0.6) is 0 Å². The summed E-state index contributed by atoms with van der Waals surface area (Å²) in [5.74, 6) is 0. The maximum Gasteiger partial charge on any atom is 0.124 e. The van der Waals surface area contributed by atoms with Crippen molar-refractivity contribution in [3.8, 4) is 6.07 Å². The molecule has 3 heteroatoms. The van der Waals surface area contributed by atoms with E-state index in [2.05, 4.69) is 50.1 Å². The summed E-state index contributed by atoms with van der Waals surface area (Å²) in [6, 6.07) is 10.4. The van der Waals surface area contributed by atoms with Crippen LogP contribution in [0.1, 0.15) is 25.5 Å². The highest BCUT2D eigenvalue weighted by atomic mass is 15.1. The molecule has 1 atom stereocenters. The summed E-state index contributed by atoms with van der Waals surface area (Å²) >= 11 is 0. The van der Waals surface area contributed by atoms with Crippen molar-refractivity contribution in [1.82, 2.24) is 4.90 Å². The first kappa shape index (κ1) is 17.0. The second-order valence-corrected chi connectivity index (χ2v) is 4.83. The summed E-state index contributed by atoms with van der Waals surface area (Å²) < 4.78 is 0. The van der Waals surface area contributed by atoms with E-state index in [0.29, 0.717) is 13.1 Å². The molecule has 0 aliphatic carbocycles. The van der Waals surface area contributed by atoms with Crippen LogP contribution in [0.25, 0.3) is 0 Å². The minimum atomic E-state index is -0.272. The topological polar surface area (TPSA) is 30.3 Å². The van der Waals surface area contributed by atoms with Crippen LogP contribution in [-0.4, -0.2) is 31.1 Å². The lowest BCUT2D eigenvalue weighted by atomic mass is 10.1. The normalized spacial score (nSPS) is 11.7. The Morgan fingerprint density at radius 1 is 1.10 bits per heavy atom. The SMILES string of the molecule is C=CCN(CC=C)C(C#N)c1ccc(N(CC)CC)cc1. The molecule has 0 N–H and O–H groups in total. The van der Waals surface area contributed by atoms with Gasteiger partial charge >= 0.3 is 0 Å². The van der Waals surface area contributed by atoms with Gasteiger partial charge in [0.25, 0.3) is 0 Å².